The number of para-hydroxylation sites is 1. The maximum Gasteiger partial charge on any atom is 0.274 e. The van der Waals surface area contributed by atoms with Crippen LogP contribution in [0.5, 0.6) is 0 Å². The third-order valence-corrected chi connectivity index (χ3v) is 4.29. The van der Waals surface area contributed by atoms with Gasteiger partial charge in [0, 0.05) is 36.5 Å². The number of rotatable bonds is 8. The molecule has 0 saturated heterocycles. The van der Waals surface area contributed by atoms with Gasteiger partial charge in [-0.05, 0) is 25.5 Å². The van der Waals surface area contributed by atoms with Crippen LogP contribution in [0.1, 0.15) is 25.8 Å². The molecule has 0 fully saturated rings. The maximum atomic E-state index is 11.2. The molecule has 2 N–H and O–H groups in total. The summed E-state index contributed by atoms with van der Waals surface area (Å²) in [5.41, 5.74) is 2.06. The summed E-state index contributed by atoms with van der Waals surface area (Å²) in [4.78, 5) is 24.2. The molecule has 8 heteroatoms. The molecule has 28 heavy (non-hydrogen) atoms. The predicted molar refractivity (Wildman–Crippen MR) is 109 cm³/mol. The van der Waals surface area contributed by atoms with E-state index in [0.29, 0.717) is 23.0 Å². The van der Waals surface area contributed by atoms with Gasteiger partial charge >= 0.3 is 0 Å². The highest BCUT2D eigenvalue weighted by molar-refractivity contribution is 5.61. The first-order valence-electron chi connectivity index (χ1n) is 9.10. The summed E-state index contributed by atoms with van der Waals surface area (Å²) < 4.78 is 0. The molecule has 0 saturated carbocycles. The van der Waals surface area contributed by atoms with Crippen LogP contribution in [0.15, 0.2) is 54.7 Å². The molecule has 0 spiro atoms. The first-order valence-corrected chi connectivity index (χ1v) is 9.10. The van der Waals surface area contributed by atoms with Crippen LogP contribution in [0.4, 0.5) is 17.5 Å². The number of nitrogens with one attached hydrogen (secondary N) is 2. The fraction of sp³-hybridized carbons (Fsp3) is 0.250. The number of hydrogen-bond donors (Lipinski definition) is 2. The third kappa shape index (κ3) is 4.79. The van der Waals surface area contributed by atoms with Gasteiger partial charge < -0.3 is 10.6 Å². The number of nitro groups is 1. The van der Waals surface area contributed by atoms with Gasteiger partial charge in [0.1, 0.15) is 5.82 Å². The molecule has 0 bridgehead atoms. The Balaban J connectivity index is 1.89. The highest BCUT2D eigenvalue weighted by Gasteiger charge is 2.13. The molecular weight excluding hydrogens is 356 g/mol. The Hall–Kier alpha value is -3.55. The summed E-state index contributed by atoms with van der Waals surface area (Å²) in [5, 5.41) is 17.7. The van der Waals surface area contributed by atoms with E-state index in [1.54, 1.807) is 30.5 Å². The Bertz CT molecular complexity index is 948. The molecule has 0 aliphatic rings. The summed E-state index contributed by atoms with van der Waals surface area (Å²) in [6.07, 6.45) is 2.63. The number of nitro benzene ring substituents is 1. The van der Waals surface area contributed by atoms with Crippen molar-refractivity contribution in [2.24, 2.45) is 0 Å². The molecule has 3 aromatic rings. The van der Waals surface area contributed by atoms with Crippen LogP contribution < -0.4 is 10.6 Å². The van der Waals surface area contributed by atoms with Gasteiger partial charge in [0.2, 0.25) is 5.95 Å². The summed E-state index contributed by atoms with van der Waals surface area (Å²) in [6.45, 7) is 4.41. The molecule has 3 rings (SSSR count). The molecule has 0 unspecified atom stereocenters. The minimum atomic E-state index is -0.383. The van der Waals surface area contributed by atoms with Crippen molar-refractivity contribution in [1.82, 2.24) is 15.0 Å². The number of anilines is 2. The van der Waals surface area contributed by atoms with E-state index in [1.165, 1.54) is 6.07 Å². The lowest BCUT2D eigenvalue weighted by atomic mass is 10.2. The van der Waals surface area contributed by atoms with Crippen LogP contribution >= 0.6 is 0 Å². The first-order chi connectivity index (χ1) is 13.6. The molecular formula is C20H22N6O2. The molecule has 1 aromatic carbocycles. The van der Waals surface area contributed by atoms with E-state index in [9.17, 15) is 10.1 Å². The number of benzene rings is 1. The van der Waals surface area contributed by atoms with Gasteiger partial charge in [0.25, 0.3) is 5.69 Å². The SMILES string of the molecule is CC[C@@H](C)Nc1nc(NCc2ccccc2[N+](=O)[O-])cc(-c2ccccn2)n1. The summed E-state index contributed by atoms with van der Waals surface area (Å²) in [5.74, 6) is 1.06. The minimum Gasteiger partial charge on any atom is -0.366 e. The highest BCUT2D eigenvalue weighted by atomic mass is 16.6. The van der Waals surface area contributed by atoms with Crippen molar-refractivity contribution in [2.75, 3.05) is 10.6 Å². The zero-order valence-electron chi connectivity index (χ0n) is 15.8. The zero-order valence-corrected chi connectivity index (χ0v) is 15.8. The standard InChI is InChI=1S/C20H22N6O2/c1-3-14(2)23-20-24-17(16-9-6-7-11-21-16)12-19(25-20)22-13-15-8-4-5-10-18(15)26(27)28/h4-12,14H,3,13H2,1-2H3,(H2,22,23,24,25)/t14-/m1/s1. The van der Waals surface area contributed by atoms with Gasteiger partial charge in [-0.15, -0.1) is 0 Å². The summed E-state index contributed by atoms with van der Waals surface area (Å²) in [7, 11) is 0. The van der Waals surface area contributed by atoms with Gasteiger partial charge in [-0.2, -0.15) is 4.98 Å². The predicted octanol–water partition coefficient (Wildman–Crippen LogP) is 4.27. The second kappa shape index (κ2) is 8.90. The quantitative estimate of drug-likeness (QED) is 0.445. The van der Waals surface area contributed by atoms with Crippen molar-refractivity contribution >= 4 is 17.5 Å². The fourth-order valence-corrected chi connectivity index (χ4v) is 2.59. The lowest BCUT2D eigenvalue weighted by molar-refractivity contribution is -0.385. The Morgan fingerprint density at radius 2 is 1.89 bits per heavy atom. The van der Waals surface area contributed by atoms with Crippen molar-refractivity contribution in [3.63, 3.8) is 0 Å². The second-order valence-corrected chi connectivity index (χ2v) is 6.37. The topological polar surface area (TPSA) is 106 Å². The second-order valence-electron chi connectivity index (χ2n) is 6.37. The molecule has 2 heterocycles. The van der Waals surface area contributed by atoms with Crippen LogP contribution in [-0.4, -0.2) is 25.9 Å². The van der Waals surface area contributed by atoms with E-state index >= 15 is 0 Å². The summed E-state index contributed by atoms with van der Waals surface area (Å²) in [6, 6.07) is 14.3. The van der Waals surface area contributed by atoms with Crippen LogP contribution in [-0.2, 0) is 6.54 Å². The molecule has 8 nitrogen and oxygen atoms in total. The normalized spacial score (nSPS) is 11.6. The fourth-order valence-electron chi connectivity index (χ4n) is 2.59. The zero-order chi connectivity index (χ0) is 19.9. The van der Waals surface area contributed by atoms with Crippen molar-refractivity contribution in [1.29, 1.82) is 0 Å². The Labute approximate surface area is 163 Å². The molecule has 0 aliphatic heterocycles. The van der Waals surface area contributed by atoms with E-state index in [2.05, 4.69) is 39.4 Å². The monoisotopic (exact) mass is 378 g/mol. The number of aromatic nitrogens is 3. The van der Waals surface area contributed by atoms with Crippen LogP contribution in [0.2, 0.25) is 0 Å². The van der Waals surface area contributed by atoms with E-state index in [-0.39, 0.29) is 23.2 Å². The maximum absolute atomic E-state index is 11.2. The molecule has 0 amide bonds. The summed E-state index contributed by atoms with van der Waals surface area (Å²) >= 11 is 0. The van der Waals surface area contributed by atoms with E-state index in [4.69, 9.17) is 0 Å². The Morgan fingerprint density at radius 3 is 2.61 bits per heavy atom. The smallest absolute Gasteiger partial charge is 0.274 e. The van der Waals surface area contributed by atoms with Gasteiger partial charge in [-0.3, -0.25) is 15.1 Å². The third-order valence-electron chi connectivity index (χ3n) is 4.29. The van der Waals surface area contributed by atoms with E-state index in [1.807, 2.05) is 18.2 Å². The van der Waals surface area contributed by atoms with Crippen molar-refractivity contribution in [2.45, 2.75) is 32.9 Å². The van der Waals surface area contributed by atoms with Crippen molar-refractivity contribution in [3.05, 3.63) is 70.4 Å². The largest absolute Gasteiger partial charge is 0.366 e. The highest BCUT2D eigenvalue weighted by Crippen LogP contribution is 2.22. The number of hydrogen-bond acceptors (Lipinski definition) is 7. The average molecular weight is 378 g/mol. The Morgan fingerprint density at radius 1 is 1.11 bits per heavy atom. The molecule has 2 aromatic heterocycles. The van der Waals surface area contributed by atoms with Crippen LogP contribution in [0, 0.1) is 10.1 Å². The van der Waals surface area contributed by atoms with Gasteiger partial charge in [-0.25, -0.2) is 4.98 Å². The average Bonchev–Trinajstić information content (AvgIpc) is 2.72. The lowest BCUT2D eigenvalue weighted by Gasteiger charge is -2.14. The minimum absolute atomic E-state index is 0.0759. The van der Waals surface area contributed by atoms with Crippen LogP contribution in [0.25, 0.3) is 11.4 Å². The molecule has 144 valence electrons. The Kier molecular flexibility index (Phi) is 6.11. The number of pyridine rings is 1. The van der Waals surface area contributed by atoms with Gasteiger partial charge in [0.15, 0.2) is 0 Å². The lowest BCUT2D eigenvalue weighted by Crippen LogP contribution is -2.16. The first kappa shape index (κ1) is 19.2. The number of nitrogens with zero attached hydrogens (tertiary/aromatic N) is 4. The molecule has 0 aliphatic carbocycles. The molecule has 1 atom stereocenters. The van der Waals surface area contributed by atoms with Gasteiger partial charge in [0.05, 0.1) is 16.3 Å². The van der Waals surface area contributed by atoms with Gasteiger partial charge in [-0.1, -0.05) is 31.2 Å². The molecule has 0 radical (unpaired) electrons. The van der Waals surface area contributed by atoms with Crippen molar-refractivity contribution in [3.8, 4) is 11.4 Å². The van der Waals surface area contributed by atoms with Crippen molar-refractivity contribution < 1.29 is 4.92 Å². The van der Waals surface area contributed by atoms with E-state index in [0.717, 1.165) is 12.1 Å². The van der Waals surface area contributed by atoms with Crippen LogP contribution in [0.3, 0.4) is 0 Å². The van der Waals surface area contributed by atoms with E-state index < -0.39 is 0 Å².